The molecule has 1 aliphatic carbocycles. The van der Waals surface area contributed by atoms with Crippen LogP contribution in [0.2, 0.25) is 0 Å². The molecule has 1 aliphatic heterocycles. The fraction of sp³-hybridized carbons (Fsp3) is 0.550. The van der Waals surface area contributed by atoms with E-state index in [4.69, 9.17) is 4.74 Å². The highest BCUT2D eigenvalue weighted by Gasteiger charge is 2.24. The van der Waals surface area contributed by atoms with Crippen molar-refractivity contribution in [2.24, 2.45) is 11.8 Å². The Balaban J connectivity index is 1.36. The fourth-order valence-electron chi connectivity index (χ4n) is 3.53. The first-order valence-corrected chi connectivity index (χ1v) is 9.20. The van der Waals surface area contributed by atoms with E-state index in [0.29, 0.717) is 5.92 Å². The summed E-state index contributed by atoms with van der Waals surface area (Å²) < 4.78 is 8.31. The second-order valence-corrected chi connectivity index (χ2v) is 7.35. The zero-order valence-electron chi connectivity index (χ0n) is 14.3. The predicted molar refractivity (Wildman–Crippen MR) is 94.7 cm³/mol. The van der Waals surface area contributed by atoms with Gasteiger partial charge in [-0.3, -0.25) is 4.90 Å². The monoisotopic (exact) mass is 325 g/mol. The maximum absolute atomic E-state index is 5.99. The number of imidazole rings is 1. The van der Waals surface area contributed by atoms with Crippen molar-refractivity contribution < 1.29 is 4.74 Å². The first-order chi connectivity index (χ1) is 11.9. The van der Waals surface area contributed by atoms with Gasteiger partial charge in [-0.1, -0.05) is 30.3 Å². The van der Waals surface area contributed by atoms with Gasteiger partial charge in [0.05, 0.1) is 18.6 Å². The van der Waals surface area contributed by atoms with Gasteiger partial charge in [0.15, 0.2) is 0 Å². The Kier molecular flexibility index (Phi) is 4.95. The van der Waals surface area contributed by atoms with Crippen LogP contribution in [0.15, 0.2) is 42.9 Å². The van der Waals surface area contributed by atoms with Crippen molar-refractivity contribution >= 4 is 0 Å². The first-order valence-electron chi connectivity index (χ1n) is 9.20. The third-order valence-electron chi connectivity index (χ3n) is 5.12. The van der Waals surface area contributed by atoms with Crippen LogP contribution < -0.4 is 0 Å². The van der Waals surface area contributed by atoms with E-state index in [1.807, 2.05) is 12.5 Å². The molecule has 0 spiro atoms. The minimum absolute atomic E-state index is 0.551. The summed E-state index contributed by atoms with van der Waals surface area (Å²) in [6.45, 7) is 6.05. The summed E-state index contributed by atoms with van der Waals surface area (Å²) in [7, 11) is 0. The van der Waals surface area contributed by atoms with Crippen molar-refractivity contribution in [3.63, 3.8) is 0 Å². The lowest BCUT2D eigenvalue weighted by Crippen LogP contribution is -2.32. The van der Waals surface area contributed by atoms with Crippen LogP contribution in [-0.2, 0) is 24.2 Å². The smallest absolute Gasteiger partial charge is 0.0948 e. The number of ether oxygens (including phenoxy) is 1. The van der Waals surface area contributed by atoms with Gasteiger partial charge in [0.2, 0.25) is 0 Å². The number of hydrogen-bond donors (Lipinski definition) is 0. The second kappa shape index (κ2) is 7.49. The Hall–Kier alpha value is -1.65. The molecule has 1 atom stereocenters. The summed E-state index contributed by atoms with van der Waals surface area (Å²) in [6, 6.07) is 10.8. The summed E-state index contributed by atoms with van der Waals surface area (Å²) in [5.41, 5.74) is 2.74. The SMILES string of the molecule is c1ccc(CCN2Cc3cncn3C[C@H](COCC3CC3)C2)cc1. The normalized spacial score (nSPS) is 21.4. The fourth-order valence-corrected chi connectivity index (χ4v) is 3.53. The third-order valence-corrected chi connectivity index (χ3v) is 5.12. The zero-order chi connectivity index (χ0) is 16.2. The maximum atomic E-state index is 5.99. The molecule has 0 amide bonds. The van der Waals surface area contributed by atoms with Gasteiger partial charge in [-0.05, 0) is 30.7 Å². The highest BCUT2D eigenvalue weighted by molar-refractivity contribution is 5.15. The Bertz CT molecular complexity index is 635. The predicted octanol–water partition coefficient (Wildman–Crippen LogP) is 2.98. The van der Waals surface area contributed by atoms with Crippen molar-refractivity contribution in [1.29, 1.82) is 0 Å². The van der Waals surface area contributed by atoms with Gasteiger partial charge in [-0.2, -0.15) is 0 Å². The second-order valence-electron chi connectivity index (χ2n) is 7.35. The quantitative estimate of drug-likeness (QED) is 0.784. The van der Waals surface area contributed by atoms with Crippen molar-refractivity contribution in [3.05, 3.63) is 54.1 Å². The van der Waals surface area contributed by atoms with Crippen LogP contribution in [0.1, 0.15) is 24.1 Å². The lowest BCUT2D eigenvalue weighted by molar-refractivity contribution is 0.0719. The van der Waals surface area contributed by atoms with Crippen LogP contribution in [0.5, 0.6) is 0 Å². The molecule has 0 radical (unpaired) electrons. The van der Waals surface area contributed by atoms with Crippen LogP contribution in [0.25, 0.3) is 0 Å². The van der Waals surface area contributed by atoms with Crippen molar-refractivity contribution in [3.8, 4) is 0 Å². The first kappa shape index (κ1) is 15.9. The van der Waals surface area contributed by atoms with Gasteiger partial charge >= 0.3 is 0 Å². The number of rotatable bonds is 7. The largest absolute Gasteiger partial charge is 0.381 e. The molecule has 2 aliphatic rings. The summed E-state index contributed by atoms with van der Waals surface area (Å²) in [6.07, 6.45) is 7.82. The molecule has 2 aromatic rings. The molecule has 1 saturated carbocycles. The van der Waals surface area contributed by atoms with Gasteiger partial charge in [-0.25, -0.2) is 4.98 Å². The van der Waals surface area contributed by atoms with Crippen molar-refractivity contribution in [2.75, 3.05) is 26.3 Å². The Labute approximate surface area is 144 Å². The van der Waals surface area contributed by atoms with Gasteiger partial charge < -0.3 is 9.30 Å². The number of fused-ring (bicyclic) bond motifs is 1. The molecule has 4 nitrogen and oxygen atoms in total. The van der Waals surface area contributed by atoms with E-state index in [1.165, 1.54) is 24.1 Å². The molecule has 1 fully saturated rings. The molecule has 1 aromatic carbocycles. The van der Waals surface area contributed by atoms with Crippen LogP contribution in [0.3, 0.4) is 0 Å². The van der Waals surface area contributed by atoms with Gasteiger partial charge in [-0.15, -0.1) is 0 Å². The molecular formula is C20H27N3O. The number of aromatic nitrogens is 2. The third kappa shape index (κ3) is 4.25. The van der Waals surface area contributed by atoms with Gasteiger partial charge in [0, 0.05) is 44.9 Å². The number of nitrogens with zero attached hydrogens (tertiary/aromatic N) is 3. The van der Waals surface area contributed by atoms with Gasteiger partial charge in [0.25, 0.3) is 0 Å². The molecule has 4 heteroatoms. The van der Waals surface area contributed by atoms with E-state index in [1.54, 1.807) is 0 Å². The molecular weight excluding hydrogens is 298 g/mol. The molecule has 0 unspecified atom stereocenters. The molecule has 4 rings (SSSR count). The average Bonchev–Trinajstić information content (AvgIpc) is 3.36. The summed E-state index contributed by atoms with van der Waals surface area (Å²) in [4.78, 5) is 6.91. The van der Waals surface area contributed by atoms with Crippen LogP contribution in [-0.4, -0.2) is 40.8 Å². The molecule has 1 aromatic heterocycles. The van der Waals surface area contributed by atoms with Crippen LogP contribution >= 0.6 is 0 Å². The van der Waals surface area contributed by atoms with Crippen LogP contribution in [0, 0.1) is 11.8 Å². The Morgan fingerprint density at radius 1 is 1.04 bits per heavy atom. The molecule has 24 heavy (non-hydrogen) atoms. The van der Waals surface area contributed by atoms with E-state index in [-0.39, 0.29) is 0 Å². The van der Waals surface area contributed by atoms with E-state index in [0.717, 1.165) is 51.7 Å². The van der Waals surface area contributed by atoms with E-state index in [9.17, 15) is 0 Å². The van der Waals surface area contributed by atoms with Gasteiger partial charge in [0.1, 0.15) is 0 Å². The molecule has 0 saturated heterocycles. The molecule has 2 heterocycles. The van der Waals surface area contributed by atoms with E-state index < -0.39 is 0 Å². The lowest BCUT2D eigenvalue weighted by Gasteiger charge is -2.24. The summed E-state index contributed by atoms with van der Waals surface area (Å²) >= 11 is 0. The highest BCUT2D eigenvalue weighted by Crippen LogP contribution is 2.29. The standard InChI is InChI=1S/C20H27N3O/c1-2-4-17(5-3-1)8-9-22-11-19(15-24-14-18-6-7-18)12-23-16-21-10-20(23)13-22/h1-5,10,16,18-19H,6-9,11-15H2/t19-/m1/s1. The summed E-state index contributed by atoms with van der Waals surface area (Å²) in [5, 5.41) is 0. The average molecular weight is 325 g/mol. The van der Waals surface area contributed by atoms with Crippen LogP contribution in [0.4, 0.5) is 0 Å². The molecule has 0 bridgehead atoms. The Morgan fingerprint density at radius 2 is 1.88 bits per heavy atom. The lowest BCUT2D eigenvalue weighted by atomic mass is 10.1. The topological polar surface area (TPSA) is 30.3 Å². The molecule has 128 valence electrons. The van der Waals surface area contributed by atoms with Crippen molar-refractivity contribution in [2.45, 2.75) is 32.4 Å². The highest BCUT2D eigenvalue weighted by atomic mass is 16.5. The minimum Gasteiger partial charge on any atom is -0.381 e. The number of hydrogen-bond acceptors (Lipinski definition) is 3. The minimum atomic E-state index is 0.551. The van der Waals surface area contributed by atoms with E-state index >= 15 is 0 Å². The number of benzene rings is 1. The van der Waals surface area contributed by atoms with E-state index in [2.05, 4.69) is 44.8 Å². The molecule has 0 N–H and O–H groups in total. The maximum Gasteiger partial charge on any atom is 0.0948 e. The summed E-state index contributed by atoms with van der Waals surface area (Å²) in [5.74, 6) is 1.39. The van der Waals surface area contributed by atoms with Crippen molar-refractivity contribution in [1.82, 2.24) is 14.5 Å². The zero-order valence-corrected chi connectivity index (χ0v) is 14.3. The Morgan fingerprint density at radius 3 is 2.71 bits per heavy atom.